The second-order valence-corrected chi connectivity index (χ2v) is 6.00. The lowest BCUT2D eigenvalue weighted by atomic mass is 10.2. The number of imidazole rings is 1. The summed E-state index contributed by atoms with van der Waals surface area (Å²) in [5.41, 5.74) is 2.74. The van der Waals surface area contributed by atoms with Crippen molar-refractivity contribution in [2.24, 2.45) is 0 Å². The van der Waals surface area contributed by atoms with Gasteiger partial charge in [-0.15, -0.1) is 0 Å². The molecule has 0 fully saturated rings. The Balaban J connectivity index is 1.49. The Kier molecular flexibility index (Phi) is 4.53. The SMILES string of the molecule is Cc1cccc2nc(C(=O)OCc3ccccc3Oc3cccnc3)cn12. The van der Waals surface area contributed by atoms with E-state index in [1.54, 1.807) is 24.7 Å². The standard InChI is InChI=1S/C21H17N3O3/c1-15-6-4-10-20-23-18(13-24(15)20)21(25)26-14-16-7-2-3-9-19(16)27-17-8-5-11-22-12-17/h2-13H,14H2,1H3. The van der Waals surface area contributed by atoms with E-state index in [-0.39, 0.29) is 12.3 Å². The number of fused-ring (bicyclic) bond motifs is 1. The summed E-state index contributed by atoms with van der Waals surface area (Å²) in [6.07, 6.45) is 4.99. The average Bonchev–Trinajstić information content (AvgIpc) is 3.14. The van der Waals surface area contributed by atoms with Crippen LogP contribution in [0.5, 0.6) is 11.5 Å². The van der Waals surface area contributed by atoms with Crippen LogP contribution in [0.2, 0.25) is 0 Å². The number of benzene rings is 1. The predicted molar refractivity (Wildman–Crippen MR) is 99.8 cm³/mol. The maximum atomic E-state index is 12.4. The van der Waals surface area contributed by atoms with E-state index < -0.39 is 5.97 Å². The number of carbonyl (C=O) groups excluding carboxylic acids is 1. The topological polar surface area (TPSA) is 65.7 Å². The number of aryl methyl sites for hydroxylation is 1. The van der Waals surface area contributed by atoms with Gasteiger partial charge in [-0.05, 0) is 37.3 Å². The summed E-state index contributed by atoms with van der Waals surface area (Å²) in [6.45, 7) is 2.04. The zero-order valence-electron chi connectivity index (χ0n) is 14.7. The van der Waals surface area contributed by atoms with E-state index in [4.69, 9.17) is 9.47 Å². The van der Waals surface area contributed by atoms with E-state index in [0.717, 1.165) is 11.3 Å². The lowest BCUT2D eigenvalue weighted by molar-refractivity contribution is 0.0464. The highest BCUT2D eigenvalue weighted by atomic mass is 16.5. The van der Waals surface area contributed by atoms with E-state index in [1.165, 1.54) is 0 Å². The third kappa shape index (κ3) is 3.64. The molecule has 1 aromatic carbocycles. The van der Waals surface area contributed by atoms with Crippen LogP contribution in [0.3, 0.4) is 0 Å². The molecule has 4 aromatic rings. The van der Waals surface area contributed by atoms with E-state index >= 15 is 0 Å². The highest BCUT2D eigenvalue weighted by Crippen LogP contribution is 2.25. The molecule has 0 radical (unpaired) electrons. The minimum atomic E-state index is -0.478. The van der Waals surface area contributed by atoms with Gasteiger partial charge in [-0.2, -0.15) is 0 Å². The first-order valence-corrected chi connectivity index (χ1v) is 8.48. The number of ether oxygens (including phenoxy) is 2. The molecule has 0 saturated carbocycles. The molecule has 6 nitrogen and oxygen atoms in total. The van der Waals surface area contributed by atoms with Gasteiger partial charge in [0.25, 0.3) is 0 Å². The first-order valence-electron chi connectivity index (χ1n) is 8.48. The first kappa shape index (κ1) is 16.8. The molecular formula is C21H17N3O3. The quantitative estimate of drug-likeness (QED) is 0.500. The number of hydrogen-bond donors (Lipinski definition) is 0. The van der Waals surface area contributed by atoms with Gasteiger partial charge in [0.1, 0.15) is 23.8 Å². The Morgan fingerprint density at radius 1 is 1.07 bits per heavy atom. The smallest absolute Gasteiger partial charge is 0.358 e. The van der Waals surface area contributed by atoms with Crippen molar-refractivity contribution in [1.29, 1.82) is 0 Å². The van der Waals surface area contributed by atoms with Crippen molar-refractivity contribution >= 4 is 11.6 Å². The normalized spacial score (nSPS) is 10.7. The zero-order valence-corrected chi connectivity index (χ0v) is 14.7. The molecule has 4 rings (SSSR count). The van der Waals surface area contributed by atoms with Crippen LogP contribution in [0.4, 0.5) is 0 Å². The maximum Gasteiger partial charge on any atom is 0.358 e. The summed E-state index contributed by atoms with van der Waals surface area (Å²) in [7, 11) is 0. The van der Waals surface area contributed by atoms with Crippen LogP contribution in [0.15, 0.2) is 73.2 Å². The van der Waals surface area contributed by atoms with Gasteiger partial charge in [-0.3, -0.25) is 4.98 Å². The highest BCUT2D eigenvalue weighted by Gasteiger charge is 2.14. The molecule has 0 aliphatic heterocycles. The summed E-state index contributed by atoms with van der Waals surface area (Å²) in [5.74, 6) is 0.755. The van der Waals surface area contributed by atoms with Gasteiger partial charge in [0, 0.05) is 23.7 Å². The molecule has 0 saturated heterocycles. The Morgan fingerprint density at radius 3 is 2.78 bits per heavy atom. The molecule has 6 heteroatoms. The zero-order chi connectivity index (χ0) is 18.6. The Morgan fingerprint density at radius 2 is 1.96 bits per heavy atom. The fourth-order valence-electron chi connectivity index (χ4n) is 2.72. The average molecular weight is 359 g/mol. The van der Waals surface area contributed by atoms with Gasteiger partial charge in [0.15, 0.2) is 5.69 Å². The van der Waals surface area contributed by atoms with Gasteiger partial charge < -0.3 is 13.9 Å². The minimum absolute atomic E-state index is 0.0854. The molecule has 0 bridgehead atoms. The number of hydrogen-bond acceptors (Lipinski definition) is 5. The summed E-state index contributed by atoms with van der Waals surface area (Å²) < 4.78 is 13.1. The fraction of sp³-hybridized carbons (Fsp3) is 0.0952. The predicted octanol–water partition coefficient (Wildman–Crippen LogP) is 4.19. The van der Waals surface area contributed by atoms with Crippen LogP contribution in [-0.2, 0) is 11.3 Å². The van der Waals surface area contributed by atoms with E-state index in [1.807, 2.05) is 59.9 Å². The summed E-state index contributed by atoms with van der Waals surface area (Å²) in [4.78, 5) is 20.8. The van der Waals surface area contributed by atoms with E-state index in [9.17, 15) is 4.79 Å². The van der Waals surface area contributed by atoms with Crippen LogP contribution in [0.1, 0.15) is 21.7 Å². The number of aromatic nitrogens is 3. The van der Waals surface area contributed by atoms with Gasteiger partial charge >= 0.3 is 5.97 Å². The Bertz CT molecular complexity index is 1090. The Hall–Kier alpha value is -3.67. The minimum Gasteiger partial charge on any atom is -0.456 e. The van der Waals surface area contributed by atoms with Gasteiger partial charge in [-0.1, -0.05) is 24.3 Å². The molecule has 0 spiro atoms. The van der Waals surface area contributed by atoms with Crippen LogP contribution in [0.25, 0.3) is 5.65 Å². The molecule has 0 aliphatic rings. The van der Waals surface area contributed by atoms with Crippen LogP contribution in [-0.4, -0.2) is 20.3 Å². The van der Waals surface area contributed by atoms with Crippen molar-refractivity contribution in [2.45, 2.75) is 13.5 Å². The lowest BCUT2D eigenvalue weighted by Gasteiger charge is -2.10. The molecule has 0 amide bonds. The van der Waals surface area contributed by atoms with Crippen molar-refractivity contribution in [3.63, 3.8) is 0 Å². The van der Waals surface area contributed by atoms with Crippen molar-refractivity contribution in [1.82, 2.24) is 14.4 Å². The molecule has 0 unspecified atom stereocenters. The molecular weight excluding hydrogens is 342 g/mol. The highest BCUT2D eigenvalue weighted by molar-refractivity contribution is 5.88. The van der Waals surface area contributed by atoms with Crippen molar-refractivity contribution in [3.05, 3.63) is 90.1 Å². The number of para-hydroxylation sites is 1. The monoisotopic (exact) mass is 359 g/mol. The van der Waals surface area contributed by atoms with Crippen molar-refractivity contribution in [2.75, 3.05) is 0 Å². The molecule has 3 aromatic heterocycles. The third-order valence-electron chi connectivity index (χ3n) is 4.10. The summed E-state index contributed by atoms with van der Waals surface area (Å²) in [6, 6.07) is 16.7. The molecule has 0 atom stereocenters. The van der Waals surface area contributed by atoms with Gasteiger partial charge in [0.05, 0.1) is 6.20 Å². The largest absolute Gasteiger partial charge is 0.456 e. The third-order valence-corrected chi connectivity index (χ3v) is 4.10. The van der Waals surface area contributed by atoms with Crippen LogP contribution >= 0.6 is 0 Å². The molecule has 27 heavy (non-hydrogen) atoms. The van der Waals surface area contributed by atoms with E-state index in [0.29, 0.717) is 17.1 Å². The van der Waals surface area contributed by atoms with Gasteiger partial charge in [0.2, 0.25) is 0 Å². The molecule has 134 valence electrons. The summed E-state index contributed by atoms with van der Waals surface area (Å²) in [5, 5.41) is 0. The second-order valence-electron chi connectivity index (χ2n) is 6.00. The molecule has 0 N–H and O–H groups in total. The number of nitrogens with zero attached hydrogens (tertiary/aromatic N) is 3. The number of esters is 1. The van der Waals surface area contributed by atoms with Crippen molar-refractivity contribution < 1.29 is 14.3 Å². The lowest BCUT2D eigenvalue weighted by Crippen LogP contribution is -2.06. The fourth-order valence-corrected chi connectivity index (χ4v) is 2.72. The van der Waals surface area contributed by atoms with E-state index in [2.05, 4.69) is 9.97 Å². The maximum absolute atomic E-state index is 12.4. The summed E-state index contributed by atoms with van der Waals surface area (Å²) >= 11 is 0. The van der Waals surface area contributed by atoms with Gasteiger partial charge in [-0.25, -0.2) is 9.78 Å². The number of pyridine rings is 2. The number of carbonyl (C=O) groups is 1. The van der Waals surface area contributed by atoms with Crippen molar-refractivity contribution in [3.8, 4) is 11.5 Å². The van der Waals surface area contributed by atoms with Crippen LogP contribution < -0.4 is 4.74 Å². The Labute approximate surface area is 156 Å². The van der Waals surface area contributed by atoms with Crippen LogP contribution in [0, 0.1) is 6.92 Å². The second kappa shape index (κ2) is 7.29. The number of rotatable bonds is 5. The molecule has 0 aliphatic carbocycles. The molecule has 3 heterocycles. The first-order chi connectivity index (χ1) is 13.2.